The maximum atomic E-state index is 12.5. The molecule has 2 rings (SSSR count). The van der Waals surface area contributed by atoms with Gasteiger partial charge in [0, 0.05) is 18.8 Å². The molecule has 0 heterocycles. The van der Waals surface area contributed by atoms with Crippen LogP contribution in [0.2, 0.25) is 0 Å². The van der Waals surface area contributed by atoms with E-state index >= 15 is 0 Å². The number of allylic oxidation sites excluding steroid dienone is 1. The smallest absolute Gasteiger partial charge is 0.407 e. The standard InChI is InChI=1S/C31H34N6O3/c1-23(2)25-8-5-9-27(21-25)31(3,4)36-30(39)40-19-16-35-29(38)26(22-34)20-24-10-12-28(13-11-24)37(17-6-14-32)18-7-15-33/h5,8-13,20-21H,1,6-7,16-19H2,2-4H3,(H,35,38)(H,36,39). The number of benzene rings is 2. The molecule has 2 N–H and O–H groups in total. The SMILES string of the molecule is C=C(C)c1cccc(C(C)(C)NC(=O)OCCNC(=O)C(C#N)=Cc2ccc(N(CCC#N)CCC#N)cc2)c1. The summed E-state index contributed by atoms with van der Waals surface area (Å²) in [6.07, 6.45) is 1.49. The lowest BCUT2D eigenvalue weighted by Gasteiger charge is -2.27. The fourth-order valence-corrected chi connectivity index (χ4v) is 3.78. The van der Waals surface area contributed by atoms with Gasteiger partial charge in [0.05, 0.1) is 37.1 Å². The van der Waals surface area contributed by atoms with Gasteiger partial charge < -0.3 is 20.3 Å². The van der Waals surface area contributed by atoms with Crippen molar-refractivity contribution in [3.8, 4) is 18.2 Å². The summed E-state index contributed by atoms with van der Waals surface area (Å²) in [7, 11) is 0. The Morgan fingerprint density at radius 1 is 1.05 bits per heavy atom. The van der Waals surface area contributed by atoms with Crippen LogP contribution in [-0.4, -0.2) is 38.2 Å². The molecule has 0 saturated carbocycles. The van der Waals surface area contributed by atoms with E-state index in [0.29, 0.717) is 31.5 Å². The largest absolute Gasteiger partial charge is 0.448 e. The highest BCUT2D eigenvalue weighted by Crippen LogP contribution is 2.23. The molecule has 0 fully saturated rings. The van der Waals surface area contributed by atoms with Gasteiger partial charge >= 0.3 is 6.09 Å². The fourth-order valence-electron chi connectivity index (χ4n) is 3.78. The Morgan fingerprint density at radius 2 is 1.70 bits per heavy atom. The van der Waals surface area contributed by atoms with Crippen LogP contribution in [0.15, 0.2) is 60.7 Å². The average Bonchev–Trinajstić information content (AvgIpc) is 2.94. The lowest BCUT2D eigenvalue weighted by molar-refractivity contribution is -0.117. The molecule has 206 valence electrons. The molecule has 9 heteroatoms. The fraction of sp³-hybridized carbons (Fsp3) is 0.323. The highest BCUT2D eigenvalue weighted by Gasteiger charge is 2.24. The number of rotatable bonds is 13. The minimum atomic E-state index is -0.694. The predicted octanol–water partition coefficient (Wildman–Crippen LogP) is 5.04. The molecule has 0 aromatic heterocycles. The summed E-state index contributed by atoms with van der Waals surface area (Å²) >= 11 is 0. The molecule has 2 aromatic carbocycles. The van der Waals surface area contributed by atoms with Crippen LogP contribution in [0.4, 0.5) is 10.5 Å². The summed E-state index contributed by atoms with van der Waals surface area (Å²) in [5.41, 5.74) is 3.49. The van der Waals surface area contributed by atoms with Crippen molar-refractivity contribution < 1.29 is 14.3 Å². The van der Waals surface area contributed by atoms with Gasteiger partial charge in [-0.15, -0.1) is 0 Å². The van der Waals surface area contributed by atoms with Crippen LogP contribution in [0, 0.1) is 34.0 Å². The zero-order chi connectivity index (χ0) is 29.5. The first-order valence-electron chi connectivity index (χ1n) is 12.8. The van der Waals surface area contributed by atoms with Crippen LogP contribution in [0.5, 0.6) is 0 Å². The molecular formula is C31H34N6O3. The second kappa shape index (κ2) is 15.4. The Morgan fingerprint density at radius 3 is 2.27 bits per heavy atom. The molecule has 0 aliphatic carbocycles. The van der Waals surface area contributed by atoms with E-state index in [4.69, 9.17) is 15.3 Å². The number of carbonyl (C=O) groups excluding carboxylic acids is 2. The van der Waals surface area contributed by atoms with E-state index in [0.717, 1.165) is 22.4 Å². The number of nitrogens with one attached hydrogen (secondary N) is 2. The summed E-state index contributed by atoms with van der Waals surface area (Å²) in [6, 6.07) is 21.0. The van der Waals surface area contributed by atoms with Gasteiger partial charge in [-0.3, -0.25) is 4.79 Å². The van der Waals surface area contributed by atoms with E-state index in [1.54, 1.807) is 12.1 Å². The van der Waals surface area contributed by atoms with Crippen molar-refractivity contribution in [2.75, 3.05) is 31.1 Å². The van der Waals surface area contributed by atoms with Crippen molar-refractivity contribution in [2.24, 2.45) is 0 Å². The number of anilines is 1. The number of hydrogen-bond donors (Lipinski definition) is 2. The van der Waals surface area contributed by atoms with Crippen LogP contribution in [0.25, 0.3) is 11.6 Å². The average molecular weight is 539 g/mol. The van der Waals surface area contributed by atoms with E-state index < -0.39 is 17.5 Å². The Balaban J connectivity index is 1.90. The molecule has 0 radical (unpaired) electrons. The van der Waals surface area contributed by atoms with Gasteiger partial charge in [0.25, 0.3) is 5.91 Å². The first kappa shape index (κ1) is 31.1. The molecule has 0 unspecified atom stereocenters. The summed E-state index contributed by atoms with van der Waals surface area (Å²) in [4.78, 5) is 26.8. The third-order valence-electron chi connectivity index (χ3n) is 6.03. The third-order valence-corrected chi connectivity index (χ3v) is 6.03. The monoisotopic (exact) mass is 538 g/mol. The minimum absolute atomic E-state index is 0.0303. The third kappa shape index (κ3) is 9.67. The second-order valence-electron chi connectivity index (χ2n) is 9.57. The van der Waals surface area contributed by atoms with Gasteiger partial charge in [-0.2, -0.15) is 15.8 Å². The number of nitriles is 3. The number of hydrogen-bond acceptors (Lipinski definition) is 7. The first-order chi connectivity index (χ1) is 19.1. The molecule has 0 atom stereocenters. The topological polar surface area (TPSA) is 142 Å². The van der Waals surface area contributed by atoms with Gasteiger partial charge in [0.1, 0.15) is 18.2 Å². The summed E-state index contributed by atoms with van der Waals surface area (Å²) in [5.74, 6) is -0.586. The highest BCUT2D eigenvalue weighted by molar-refractivity contribution is 6.01. The van der Waals surface area contributed by atoms with Gasteiger partial charge in [-0.1, -0.05) is 42.5 Å². The van der Waals surface area contributed by atoms with Gasteiger partial charge in [0.15, 0.2) is 0 Å². The Hall–Kier alpha value is -5.07. The summed E-state index contributed by atoms with van der Waals surface area (Å²) in [6.45, 7) is 10.5. The lowest BCUT2D eigenvalue weighted by Crippen LogP contribution is -2.42. The summed E-state index contributed by atoms with van der Waals surface area (Å²) < 4.78 is 5.22. The second-order valence-corrected chi connectivity index (χ2v) is 9.57. The highest BCUT2D eigenvalue weighted by atomic mass is 16.5. The van der Waals surface area contributed by atoms with Crippen molar-refractivity contribution in [3.63, 3.8) is 0 Å². The van der Waals surface area contributed by atoms with E-state index in [-0.39, 0.29) is 18.7 Å². The molecule has 0 bridgehead atoms. The van der Waals surface area contributed by atoms with E-state index in [1.807, 2.05) is 68.1 Å². The summed E-state index contributed by atoms with van der Waals surface area (Å²) in [5, 5.41) is 32.6. The van der Waals surface area contributed by atoms with Gasteiger partial charge in [-0.05, 0) is 61.7 Å². The maximum absolute atomic E-state index is 12.5. The molecule has 0 saturated heterocycles. The van der Waals surface area contributed by atoms with Crippen molar-refractivity contribution in [2.45, 2.75) is 39.2 Å². The van der Waals surface area contributed by atoms with Crippen LogP contribution in [0.3, 0.4) is 0 Å². The van der Waals surface area contributed by atoms with Crippen molar-refractivity contribution in [1.29, 1.82) is 15.8 Å². The Bertz CT molecular complexity index is 1340. The zero-order valence-corrected chi connectivity index (χ0v) is 23.2. The number of amides is 2. The van der Waals surface area contributed by atoms with E-state index in [1.165, 1.54) is 6.08 Å². The zero-order valence-electron chi connectivity index (χ0n) is 23.2. The molecule has 2 amide bonds. The van der Waals surface area contributed by atoms with Crippen LogP contribution < -0.4 is 15.5 Å². The molecular weight excluding hydrogens is 504 g/mol. The molecule has 0 aliphatic rings. The predicted molar refractivity (Wildman–Crippen MR) is 154 cm³/mol. The van der Waals surface area contributed by atoms with Crippen LogP contribution in [0.1, 0.15) is 50.3 Å². The van der Waals surface area contributed by atoms with E-state index in [2.05, 4.69) is 29.4 Å². The number of ether oxygens (including phenoxy) is 1. The molecule has 0 spiro atoms. The van der Waals surface area contributed by atoms with Crippen LogP contribution >= 0.6 is 0 Å². The lowest BCUT2D eigenvalue weighted by atomic mass is 9.92. The van der Waals surface area contributed by atoms with Crippen molar-refractivity contribution in [3.05, 3.63) is 77.4 Å². The quantitative estimate of drug-likeness (QED) is 0.207. The molecule has 2 aromatic rings. The number of nitrogens with zero attached hydrogens (tertiary/aromatic N) is 4. The van der Waals surface area contributed by atoms with Crippen molar-refractivity contribution in [1.82, 2.24) is 10.6 Å². The van der Waals surface area contributed by atoms with Crippen molar-refractivity contribution >= 4 is 29.3 Å². The van der Waals surface area contributed by atoms with Gasteiger partial charge in [-0.25, -0.2) is 4.79 Å². The van der Waals surface area contributed by atoms with Crippen LogP contribution in [-0.2, 0) is 15.1 Å². The number of alkyl carbamates (subject to hydrolysis) is 1. The van der Waals surface area contributed by atoms with Gasteiger partial charge in [0.2, 0.25) is 0 Å². The van der Waals surface area contributed by atoms with E-state index in [9.17, 15) is 14.9 Å². The minimum Gasteiger partial charge on any atom is -0.448 e. The molecule has 9 nitrogen and oxygen atoms in total. The maximum Gasteiger partial charge on any atom is 0.407 e. The number of carbonyl (C=O) groups is 2. The Kier molecular flexibility index (Phi) is 12.0. The normalized spacial score (nSPS) is 10.8. The first-order valence-corrected chi connectivity index (χ1v) is 12.8. The molecule has 0 aliphatic heterocycles. The Labute approximate surface area is 236 Å². The molecule has 40 heavy (non-hydrogen) atoms.